The van der Waals surface area contributed by atoms with Crippen LogP contribution in [-0.2, 0) is 24.1 Å². The molecule has 3 rings (SSSR count). The zero-order chi connectivity index (χ0) is 19.6. The van der Waals surface area contributed by atoms with Crippen LogP contribution in [0, 0.1) is 0 Å². The Morgan fingerprint density at radius 2 is 1.96 bits per heavy atom. The molecule has 10 heteroatoms. The molecule has 0 aliphatic carbocycles. The van der Waals surface area contributed by atoms with Crippen molar-refractivity contribution in [3.63, 3.8) is 0 Å². The fourth-order valence-electron chi connectivity index (χ4n) is 2.32. The molecule has 0 aliphatic rings. The fourth-order valence-corrected chi connectivity index (χ4v) is 2.96. The highest BCUT2D eigenvalue weighted by molar-refractivity contribution is 7.13. The Morgan fingerprint density at radius 1 is 1.26 bits per heavy atom. The number of alkyl halides is 3. The van der Waals surface area contributed by atoms with Crippen molar-refractivity contribution in [1.82, 2.24) is 14.7 Å². The molecule has 2 heterocycles. The van der Waals surface area contributed by atoms with Crippen molar-refractivity contribution in [2.75, 3.05) is 7.05 Å². The zero-order valence-electron chi connectivity index (χ0n) is 14.1. The maximum Gasteiger partial charge on any atom is 0.437 e. The first-order valence-corrected chi connectivity index (χ1v) is 8.64. The van der Waals surface area contributed by atoms with Gasteiger partial charge in [-0.3, -0.25) is 4.79 Å². The second-order valence-corrected chi connectivity index (χ2v) is 6.70. The van der Waals surface area contributed by atoms with Gasteiger partial charge in [-0.2, -0.15) is 17.9 Å². The highest BCUT2D eigenvalue weighted by Gasteiger charge is 2.30. The second-order valence-electron chi connectivity index (χ2n) is 5.75. The zero-order valence-corrected chi connectivity index (χ0v) is 14.9. The van der Waals surface area contributed by atoms with Gasteiger partial charge in [-0.1, -0.05) is 18.2 Å². The summed E-state index contributed by atoms with van der Waals surface area (Å²) in [5.74, 6) is -1.05. The lowest BCUT2D eigenvalue weighted by atomic mass is 10.1. The molecule has 0 aliphatic heterocycles. The quantitative estimate of drug-likeness (QED) is 0.663. The third-order valence-electron chi connectivity index (χ3n) is 3.75. The first kappa shape index (κ1) is 18.9. The lowest BCUT2D eigenvalue weighted by Crippen LogP contribution is -2.33. The van der Waals surface area contributed by atoms with E-state index in [-0.39, 0.29) is 19.0 Å². The molecule has 0 radical (unpaired) electrons. The normalized spacial score (nSPS) is 11.6. The third kappa shape index (κ3) is 4.45. The van der Waals surface area contributed by atoms with E-state index in [0.29, 0.717) is 10.4 Å². The summed E-state index contributed by atoms with van der Waals surface area (Å²) in [6.07, 6.45) is -4.41. The molecule has 0 saturated heterocycles. The number of amides is 1. The smallest absolute Gasteiger partial charge is 0.387 e. The van der Waals surface area contributed by atoms with Gasteiger partial charge in [0.25, 0.3) is 5.89 Å². The van der Waals surface area contributed by atoms with Gasteiger partial charge in [-0.15, -0.1) is 16.4 Å². The van der Waals surface area contributed by atoms with Gasteiger partial charge in [-0.05, 0) is 29.1 Å². The molecule has 3 aromatic rings. The molecule has 0 bridgehead atoms. The van der Waals surface area contributed by atoms with Crippen LogP contribution in [0.4, 0.5) is 13.2 Å². The van der Waals surface area contributed by atoms with Crippen molar-refractivity contribution < 1.29 is 22.4 Å². The van der Waals surface area contributed by atoms with Crippen LogP contribution in [0.15, 0.2) is 51.0 Å². The molecular weight excluding hydrogens is 383 g/mol. The highest BCUT2D eigenvalue weighted by atomic mass is 32.1. The largest absolute Gasteiger partial charge is 0.437 e. The van der Waals surface area contributed by atoms with Crippen LogP contribution in [0.1, 0.15) is 11.1 Å². The van der Waals surface area contributed by atoms with Gasteiger partial charge in [-0.25, -0.2) is 4.79 Å². The Balaban J connectivity index is 1.65. The van der Waals surface area contributed by atoms with Gasteiger partial charge in [0.05, 0.1) is 10.4 Å². The minimum absolute atomic E-state index is 0.0986. The van der Waals surface area contributed by atoms with E-state index in [9.17, 15) is 22.8 Å². The van der Waals surface area contributed by atoms with Gasteiger partial charge >= 0.3 is 11.9 Å². The molecule has 0 saturated carbocycles. The molecule has 1 amide bonds. The summed E-state index contributed by atoms with van der Waals surface area (Å²) in [4.78, 5) is 26.1. The Hall–Kier alpha value is -2.88. The van der Waals surface area contributed by atoms with Crippen LogP contribution < -0.4 is 5.76 Å². The van der Waals surface area contributed by atoms with E-state index in [4.69, 9.17) is 4.42 Å². The molecule has 27 heavy (non-hydrogen) atoms. The molecule has 0 atom stereocenters. The second kappa shape index (κ2) is 7.39. The minimum atomic E-state index is -4.41. The first-order valence-electron chi connectivity index (χ1n) is 7.76. The minimum Gasteiger partial charge on any atom is -0.387 e. The van der Waals surface area contributed by atoms with Gasteiger partial charge in [0.15, 0.2) is 0 Å². The predicted octanol–water partition coefficient (Wildman–Crippen LogP) is 3.24. The van der Waals surface area contributed by atoms with Crippen LogP contribution >= 0.6 is 11.3 Å². The van der Waals surface area contributed by atoms with E-state index in [1.165, 1.54) is 35.4 Å². The number of nitrogens with zero attached hydrogens (tertiary/aromatic N) is 3. The predicted molar refractivity (Wildman–Crippen MR) is 92.0 cm³/mol. The number of hydrogen-bond donors (Lipinski definition) is 0. The van der Waals surface area contributed by atoms with Crippen LogP contribution in [0.2, 0.25) is 0 Å². The Kier molecular flexibility index (Phi) is 5.17. The van der Waals surface area contributed by atoms with Crippen LogP contribution in [0.5, 0.6) is 0 Å². The number of rotatable bonds is 5. The summed E-state index contributed by atoms with van der Waals surface area (Å²) in [6, 6.07) is 8.06. The van der Waals surface area contributed by atoms with Gasteiger partial charge in [0.1, 0.15) is 6.54 Å². The van der Waals surface area contributed by atoms with Crippen molar-refractivity contribution in [1.29, 1.82) is 0 Å². The fraction of sp³-hybridized carbons (Fsp3) is 0.235. The summed E-state index contributed by atoms with van der Waals surface area (Å²) < 4.78 is 43.7. The van der Waals surface area contributed by atoms with Crippen LogP contribution in [0.3, 0.4) is 0 Å². The summed E-state index contributed by atoms with van der Waals surface area (Å²) in [6.45, 7) is -0.230. The van der Waals surface area contributed by atoms with Crippen molar-refractivity contribution in [3.05, 3.63) is 63.5 Å². The van der Waals surface area contributed by atoms with Crippen LogP contribution in [0.25, 0.3) is 10.8 Å². The molecule has 1 aromatic carbocycles. The standard InChI is InChI=1S/C17H14F3N3O3S/c1-22(9-11-4-6-12(7-5-11)17(18,19)20)14(24)10-23-16(25)26-15(21-23)13-3-2-8-27-13/h2-8H,9-10H2,1H3. The number of aromatic nitrogens is 2. The number of benzene rings is 1. The monoisotopic (exact) mass is 397 g/mol. The Labute approximate surface area is 155 Å². The molecule has 0 spiro atoms. The number of carbonyl (C=O) groups is 1. The van der Waals surface area contributed by atoms with Crippen LogP contribution in [-0.4, -0.2) is 27.6 Å². The average molecular weight is 397 g/mol. The topological polar surface area (TPSA) is 68.3 Å². The van der Waals surface area contributed by atoms with Crippen molar-refractivity contribution in [2.45, 2.75) is 19.3 Å². The number of likely N-dealkylation sites (N-methyl/N-ethyl adjacent to an activating group) is 1. The van der Waals surface area contributed by atoms with E-state index < -0.39 is 23.4 Å². The Bertz CT molecular complexity index is 976. The van der Waals surface area contributed by atoms with Gasteiger partial charge < -0.3 is 9.32 Å². The lowest BCUT2D eigenvalue weighted by molar-refractivity contribution is -0.137. The van der Waals surface area contributed by atoms with Crippen molar-refractivity contribution in [3.8, 4) is 10.8 Å². The van der Waals surface area contributed by atoms with E-state index in [1.54, 1.807) is 17.5 Å². The number of halogens is 3. The molecule has 142 valence electrons. The summed E-state index contributed by atoms with van der Waals surface area (Å²) >= 11 is 1.34. The molecule has 2 aromatic heterocycles. The van der Waals surface area contributed by atoms with E-state index >= 15 is 0 Å². The van der Waals surface area contributed by atoms with Crippen molar-refractivity contribution in [2.24, 2.45) is 0 Å². The van der Waals surface area contributed by atoms with E-state index in [0.717, 1.165) is 16.8 Å². The number of carbonyl (C=O) groups excluding carboxylic acids is 1. The average Bonchev–Trinajstić information content (AvgIpc) is 3.25. The number of hydrogen-bond acceptors (Lipinski definition) is 5. The summed E-state index contributed by atoms with van der Waals surface area (Å²) in [5, 5.41) is 5.80. The lowest BCUT2D eigenvalue weighted by Gasteiger charge is -2.17. The van der Waals surface area contributed by atoms with E-state index in [1.807, 2.05) is 0 Å². The summed E-state index contributed by atoms with van der Waals surface area (Å²) in [5.41, 5.74) is -0.221. The van der Waals surface area contributed by atoms with Gasteiger partial charge in [0.2, 0.25) is 5.91 Å². The summed E-state index contributed by atoms with van der Waals surface area (Å²) in [7, 11) is 1.49. The SMILES string of the molecule is CN(Cc1ccc(C(F)(F)F)cc1)C(=O)Cn1nc(-c2cccs2)oc1=O. The van der Waals surface area contributed by atoms with E-state index in [2.05, 4.69) is 5.10 Å². The molecule has 0 unspecified atom stereocenters. The maximum absolute atomic E-state index is 12.6. The Morgan fingerprint density at radius 3 is 2.56 bits per heavy atom. The molecule has 0 fully saturated rings. The maximum atomic E-state index is 12.6. The first-order chi connectivity index (χ1) is 12.7. The highest BCUT2D eigenvalue weighted by Crippen LogP contribution is 2.29. The molecular formula is C17H14F3N3O3S. The molecule has 0 N–H and O–H groups in total. The molecule has 6 nitrogen and oxygen atoms in total. The van der Waals surface area contributed by atoms with Crippen molar-refractivity contribution >= 4 is 17.2 Å². The third-order valence-corrected chi connectivity index (χ3v) is 4.61. The van der Waals surface area contributed by atoms with Gasteiger partial charge in [0, 0.05) is 13.6 Å². The number of thiophene rings is 1.